The molecule has 0 radical (unpaired) electrons. The quantitative estimate of drug-likeness (QED) is 0.468. The van der Waals surface area contributed by atoms with E-state index in [0.29, 0.717) is 16.1 Å². The summed E-state index contributed by atoms with van der Waals surface area (Å²) in [5.41, 5.74) is 2.36. The van der Waals surface area contributed by atoms with Gasteiger partial charge in [-0.2, -0.15) is 0 Å². The van der Waals surface area contributed by atoms with Crippen LogP contribution in [-0.4, -0.2) is 17.1 Å². The van der Waals surface area contributed by atoms with Crippen LogP contribution in [0.2, 0.25) is 5.02 Å². The lowest BCUT2D eigenvalue weighted by Gasteiger charge is -2.26. The molecule has 1 aliphatic rings. The number of ether oxygens (including phenoxy) is 1. The molecule has 5 nitrogen and oxygen atoms in total. The number of fused-ring (bicyclic) bond motifs is 1. The van der Waals surface area contributed by atoms with Crippen molar-refractivity contribution in [3.05, 3.63) is 101 Å². The Morgan fingerprint density at radius 2 is 1.91 bits per heavy atom. The summed E-state index contributed by atoms with van der Waals surface area (Å²) in [6.45, 7) is 10.0. The standard InChI is InChI=1S/C27H26ClFN2O3S/c1-6-34-25(33)22-15(2)30-26-31(23(22)16-10-12-17(13-11-16)27(3,4)5)24(32)21(35-26)14-18-19(28)8-7-9-20(18)29/h7-14,23H,6H2,1-5H3/b21-14+/t23-/m1/s1. The highest BCUT2D eigenvalue weighted by Crippen LogP contribution is 2.32. The van der Waals surface area contributed by atoms with Gasteiger partial charge in [0.15, 0.2) is 4.80 Å². The number of allylic oxidation sites excluding steroid dienone is 1. The maximum absolute atomic E-state index is 14.4. The summed E-state index contributed by atoms with van der Waals surface area (Å²) in [5, 5.41) is 0.202. The Labute approximate surface area is 211 Å². The molecule has 0 spiro atoms. The highest BCUT2D eigenvalue weighted by molar-refractivity contribution is 7.07. The number of esters is 1. The van der Waals surface area contributed by atoms with Crippen molar-refractivity contribution in [1.29, 1.82) is 0 Å². The summed E-state index contributed by atoms with van der Waals surface area (Å²) in [5.74, 6) is -1.05. The summed E-state index contributed by atoms with van der Waals surface area (Å²) >= 11 is 7.32. The topological polar surface area (TPSA) is 60.7 Å². The molecule has 1 atom stereocenters. The predicted octanol–water partition coefficient (Wildman–Crippen LogP) is 4.89. The van der Waals surface area contributed by atoms with E-state index in [1.807, 2.05) is 24.3 Å². The second kappa shape index (κ2) is 9.55. The predicted molar refractivity (Wildman–Crippen MR) is 137 cm³/mol. The third-order valence-electron chi connectivity index (χ3n) is 5.88. The van der Waals surface area contributed by atoms with Crippen LogP contribution in [0.1, 0.15) is 57.4 Å². The molecule has 0 unspecified atom stereocenters. The fourth-order valence-corrected chi connectivity index (χ4v) is 5.30. The average Bonchev–Trinajstić information content (AvgIpc) is 3.09. The van der Waals surface area contributed by atoms with Gasteiger partial charge in [0, 0.05) is 5.56 Å². The molecular weight excluding hydrogens is 487 g/mol. The number of hydrogen-bond acceptors (Lipinski definition) is 5. The van der Waals surface area contributed by atoms with Crippen LogP contribution >= 0.6 is 22.9 Å². The highest BCUT2D eigenvalue weighted by atomic mass is 35.5. The fraction of sp³-hybridized carbons (Fsp3) is 0.296. The number of hydrogen-bond donors (Lipinski definition) is 0. The van der Waals surface area contributed by atoms with Crippen LogP contribution in [0.15, 0.2) is 63.5 Å². The zero-order valence-corrected chi connectivity index (χ0v) is 21.8. The van der Waals surface area contributed by atoms with Gasteiger partial charge in [0.05, 0.1) is 33.5 Å². The molecule has 0 amide bonds. The lowest BCUT2D eigenvalue weighted by atomic mass is 9.85. The van der Waals surface area contributed by atoms with Gasteiger partial charge < -0.3 is 4.74 Å². The largest absolute Gasteiger partial charge is 0.463 e. The Balaban J connectivity index is 1.96. The number of rotatable bonds is 4. The van der Waals surface area contributed by atoms with Crippen LogP contribution in [0.3, 0.4) is 0 Å². The first-order chi connectivity index (χ1) is 16.5. The molecule has 8 heteroatoms. The van der Waals surface area contributed by atoms with E-state index in [1.165, 1.54) is 22.8 Å². The average molecular weight is 513 g/mol. The lowest BCUT2D eigenvalue weighted by Crippen LogP contribution is -2.40. The van der Waals surface area contributed by atoms with Crippen LogP contribution in [0.5, 0.6) is 0 Å². The smallest absolute Gasteiger partial charge is 0.338 e. The first kappa shape index (κ1) is 25.1. The first-order valence-electron chi connectivity index (χ1n) is 11.3. The van der Waals surface area contributed by atoms with Crippen molar-refractivity contribution in [2.75, 3.05) is 6.61 Å². The Morgan fingerprint density at radius 3 is 2.51 bits per heavy atom. The second-order valence-corrected chi connectivity index (χ2v) is 10.7. The normalized spacial score (nSPS) is 16.2. The molecule has 0 saturated heterocycles. The number of aromatic nitrogens is 1. The third-order valence-corrected chi connectivity index (χ3v) is 7.20. The highest BCUT2D eigenvalue weighted by Gasteiger charge is 2.33. The molecule has 2 aromatic carbocycles. The molecule has 0 fully saturated rings. The van der Waals surface area contributed by atoms with Gasteiger partial charge >= 0.3 is 5.97 Å². The molecular formula is C27H26ClFN2O3S. The number of carbonyl (C=O) groups is 1. The third kappa shape index (κ3) is 4.75. The summed E-state index contributed by atoms with van der Waals surface area (Å²) < 4.78 is 21.5. The molecule has 0 aliphatic carbocycles. The van der Waals surface area contributed by atoms with Crippen molar-refractivity contribution in [3.63, 3.8) is 0 Å². The molecule has 4 rings (SSSR count). The maximum atomic E-state index is 14.4. The van der Waals surface area contributed by atoms with Crippen LogP contribution in [0.25, 0.3) is 6.08 Å². The number of thiazole rings is 1. The summed E-state index contributed by atoms with van der Waals surface area (Å²) in [7, 11) is 0. The van der Waals surface area contributed by atoms with Crippen molar-refractivity contribution < 1.29 is 13.9 Å². The maximum Gasteiger partial charge on any atom is 0.338 e. The number of halogens is 2. The Hall–Kier alpha value is -3.03. The van der Waals surface area contributed by atoms with Gasteiger partial charge in [0.2, 0.25) is 0 Å². The molecule has 0 bridgehead atoms. The Morgan fingerprint density at radius 1 is 1.23 bits per heavy atom. The van der Waals surface area contributed by atoms with Crippen molar-refractivity contribution in [2.45, 2.75) is 46.1 Å². The zero-order chi connectivity index (χ0) is 25.5. The van der Waals surface area contributed by atoms with E-state index >= 15 is 0 Å². The summed E-state index contributed by atoms with van der Waals surface area (Å²) in [6.07, 6.45) is 1.44. The van der Waals surface area contributed by atoms with Crippen LogP contribution < -0.4 is 14.9 Å². The fourth-order valence-electron chi connectivity index (χ4n) is 4.05. The molecule has 1 aromatic heterocycles. The molecule has 2 heterocycles. The minimum absolute atomic E-state index is 0.0539. The second-order valence-electron chi connectivity index (χ2n) is 9.31. The van der Waals surface area contributed by atoms with Gasteiger partial charge in [0.1, 0.15) is 5.82 Å². The van der Waals surface area contributed by atoms with Gasteiger partial charge in [-0.15, -0.1) is 0 Å². The minimum Gasteiger partial charge on any atom is -0.463 e. The first-order valence-corrected chi connectivity index (χ1v) is 12.5. The molecule has 35 heavy (non-hydrogen) atoms. The molecule has 3 aromatic rings. The number of carbonyl (C=O) groups excluding carboxylic acids is 1. The van der Waals surface area contributed by atoms with Crippen LogP contribution in [0, 0.1) is 5.82 Å². The molecule has 0 saturated carbocycles. The van der Waals surface area contributed by atoms with E-state index in [1.54, 1.807) is 19.9 Å². The molecule has 1 aliphatic heterocycles. The minimum atomic E-state index is -0.724. The van der Waals surface area contributed by atoms with E-state index in [-0.39, 0.29) is 32.7 Å². The van der Waals surface area contributed by atoms with Crippen molar-refractivity contribution in [2.24, 2.45) is 4.99 Å². The Kier molecular flexibility index (Phi) is 6.84. The summed E-state index contributed by atoms with van der Waals surface area (Å²) in [6, 6.07) is 11.5. The van der Waals surface area contributed by atoms with Gasteiger partial charge in [-0.25, -0.2) is 14.2 Å². The van der Waals surface area contributed by atoms with Gasteiger partial charge in [-0.05, 0) is 48.6 Å². The van der Waals surface area contributed by atoms with Crippen molar-refractivity contribution in [3.8, 4) is 0 Å². The van der Waals surface area contributed by atoms with Gasteiger partial charge in [-0.3, -0.25) is 9.36 Å². The van der Waals surface area contributed by atoms with E-state index in [0.717, 1.165) is 22.5 Å². The number of nitrogens with zero attached hydrogens (tertiary/aromatic N) is 2. The van der Waals surface area contributed by atoms with Crippen molar-refractivity contribution >= 4 is 35.0 Å². The van der Waals surface area contributed by atoms with E-state index in [2.05, 4.69) is 25.8 Å². The number of benzene rings is 2. The van der Waals surface area contributed by atoms with E-state index in [4.69, 9.17) is 16.3 Å². The summed E-state index contributed by atoms with van der Waals surface area (Å²) in [4.78, 5) is 31.6. The van der Waals surface area contributed by atoms with Crippen molar-refractivity contribution in [1.82, 2.24) is 4.57 Å². The zero-order valence-electron chi connectivity index (χ0n) is 20.2. The van der Waals surface area contributed by atoms with Gasteiger partial charge in [0.25, 0.3) is 5.56 Å². The monoisotopic (exact) mass is 512 g/mol. The molecule has 0 N–H and O–H groups in total. The van der Waals surface area contributed by atoms with Crippen LogP contribution in [0.4, 0.5) is 4.39 Å². The molecule has 182 valence electrons. The van der Waals surface area contributed by atoms with E-state index < -0.39 is 17.8 Å². The lowest BCUT2D eigenvalue weighted by molar-refractivity contribution is -0.139. The van der Waals surface area contributed by atoms with E-state index in [9.17, 15) is 14.0 Å². The van der Waals surface area contributed by atoms with Gasteiger partial charge in [-0.1, -0.05) is 74.0 Å². The Bertz CT molecular complexity index is 1490. The SMILES string of the molecule is CCOC(=O)C1=C(C)N=c2s/c(=C/c3c(F)cccc3Cl)c(=O)n2[C@@H]1c1ccc(C(C)(C)C)cc1. The van der Waals surface area contributed by atoms with Crippen LogP contribution in [-0.2, 0) is 14.9 Å².